The van der Waals surface area contributed by atoms with E-state index in [1.54, 1.807) is 0 Å². The highest BCUT2D eigenvalue weighted by atomic mass is 16.6. The van der Waals surface area contributed by atoms with Crippen molar-refractivity contribution in [3.63, 3.8) is 0 Å². The molecule has 0 radical (unpaired) electrons. The number of aliphatic hydroxyl groups is 2. The minimum Gasteiger partial charge on any atom is -0.392 e. The van der Waals surface area contributed by atoms with Crippen LogP contribution < -0.4 is 0 Å². The van der Waals surface area contributed by atoms with Gasteiger partial charge in [0.1, 0.15) is 0 Å². The number of fused-ring (bicyclic) bond motifs is 1. The van der Waals surface area contributed by atoms with Crippen LogP contribution in [0.25, 0.3) is 0 Å². The van der Waals surface area contributed by atoms with Crippen molar-refractivity contribution in [3.8, 4) is 0 Å². The first kappa shape index (κ1) is 18.4. The van der Waals surface area contributed by atoms with Gasteiger partial charge in [-0.3, -0.25) is 0 Å². The molecule has 3 atom stereocenters. The van der Waals surface area contributed by atoms with Gasteiger partial charge in [0.15, 0.2) is 0 Å². The van der Waals surface area contributed by atoms with Crippen molar-refractivity contribution in [2.75, 3.05) is 6.61 Å². The molecule has 1 aliphatic carbocycles. The number of aliphatic hydroxyl groups excluding tert-OH is 1. The van der Waals surface area contributed by atoms with Gasteiger partial charge < -0.3 is 14.9 Å². The van der Waals surface area contributed by atoms with Gasteiger partial charge in [-0.2, -0.15) is 0 Å². The molecule has 1 aliphatic heterocycles. The minimum absolute atomic E-state index is 0.000763. The first-order chi connectivity index (χ1) is 10.8. The standard InChI is InChI=1S/C20H32O3/c1-15-6-5-11-20(4)18(23-20)10-13-19(3,22)12-9-17(8-7-15)16(2)14-21/h6,9,12,18,21-22H,5,7-8,10-11,13-14H2,1-4H3/t18?,19?,20-/m0/s1. The molecule has 3 nitrogen and oxygen atoms in total. The fourth-order valence-electron chi connectivity index (χ4n) is 3.24. The molecular formula is C20H32O3. The number of hydrogen-bond donors (Lipinski definition) is 2. The van der Waals surface area contributed by atoms with Gasteiger partial charge in [-0.1, -0.05) is 23.8 Å². The summed E-state index contributed by atoms with van der Waals surface area (Å²) in [6.45, 7) is 8.24. The van der Waals surface area contributed by atoms with Gasteiger partial charge in [0, 0.05) is 0 Å². The lowest BCUT2D eigenvalue weighted by Crippen LogP contribution is -2.22. The van der Waals surface area contributed by atoms with E-state index in [2.05, 4.69) is 19.9 Å². The highest BCUT2D eigenvalue weighted by Crippen LogP contribution is 2.44. The van der Waals surface area contributed by atoms with E-state index in [1.165, 1.54) is 5.57 Å². The van der Waals surface area contributed by atoms with Crippen molar-refractivity contribution in [1.82, 2.24) is 0 Å². The van der Waals surface area contributed by atoms with Crippen molar-refractivity contribution < 1.29 is 14.9 Å². The Hall–Kier alpha value is -0.900. The molecule has 2 N–H and O–H groups in total. The van der Waals surface area contributed by atoms with Crippen molar-refractivity contribution >= 4 is 0 Å². The fraction of sp³-hybridized carbons (Fsp3) is 0.700. The predicted molar refractivity (Wildman–Crippen MR) is 94.3 cm³/mol. The Bertz CT molecular complexity index is 513. The quantitative estimate of drug-likeness (QED) is 0.566. The molecule has 0 amide bonds. The summed E-state index contributed by atoms with van der Waals surface area (Å²) in [6, 6.07) is 0. The fourth-order valence-corrected chi connectivity index (χ4v) is 3.24. The zero-order valence-electron chi connectivity index (χ0n) is 15.1. The van der Waals surface area contributed by atoms with Crippen LogP contribution in [0.2, 0.25) is 0 Å². The third-order valence-corrected chi connectivity index (χ3v) is 5.30. The summed E-state index contributed by atoms with van der Waals surface area (Å²) in [5.41, 5.74) is 2.66. The Morgan fingerprint density at radius 2 is 2.04 bits per heavy atom. The summed E-state index contributed by atoms with van der Waals surface area (Å²) in [4.78, 5) is 0. The normalized spacial score (nSPS) is 38.3. The highest BCUT2D eigenvalue weighted by molar-refractivity contribution is 5.28. The number of ether oxygens (including phenoxy) is 1. The van der Waals surface area contributed by atoms with Crippen molar-refractivity contribution in [1.29, 1.82) is 0 Å². The van der Waals surface area contributed by atoms with Crippen LogP contribution in [0.5, 0.6) is 0 Å². The molecule has 0 aromatic carbocycles. The van der Waals surface area contributed by atoms with Crippen LogP contribution >= 0.6 is 0 Å². The maximum Gasteiger partial charge on any atom is 0.0923 e. The molecule has 1 saturated heterocycles. The molecule has 0 bridgehead atoms. The first-order valence-corrected chi connectivity index (χ1v) is 8.80. The summed E-state index contributed by atoms with van der Waals surface area (Å²) in [5, 5.41) is 20.0. The molecule has 1 fully saturated rings. The summed E-state index contributed by atoms with van der Waals surface area (Å²) < 4.78 is 5.88. The van der Waals surface area contributed by atoms with Gasteiger partial charge in [0.2, 0.25) is 0 Å². The van der Waals surface area contributed by atoms with E-state index in [0.29, 0.717) is 6.42 Å². The number of rotatable bonds is 1. The van der Waals surface area contributed by atoms with Crippen LogP contribution in [0.3, 0.4) is 0 Å². The molecule has 2 unspecified atom stereocenters. The Kier molecular flexibility index (Phi) is 5.88. The molecule has 0 saturated carbocycles. The third kappa shape index (κ3) is 5.30. The van der Waals surface area contributed by atoms with E-state index in [4.69, 9.17) is 4.74 Å². The zero-order chi connectivity index (χ0) is 17.1. The lowest BCUT2D eigenvalue weighted by molar-refractivity contribution is 0.0963. The third-order valence-electron chi connectivity index (χ3n) is 5.30. The van der Waals surface area contributed by atoms with Crippen LogP contribution in [0, 0.1) is 0 Å². The largest absolute Gasteiger partial charge is 0.392 e. The molecule has 0 aromatic heterocycles. The Morgan fingerprint density at radius 3 is 2.74 bits per heavy atom. The van der Waals surface area contributed by atoms with Crippen LogP contribution in [0.1, 0.15) is 66.2 Å². The van der Waals surface area contributed by atoms with Gasteiger partial charge in [-0.25, -0.2) is 0 Å². The number of hydrogen-bond acceptors (Lipinski definition) is 3. The van der Waals surface area contributed by atoms with Gasteiger partial charge in [0.05, 0.1) is 23.9 Å². The topological polar surface area (TPSA) is 53.0 Å². The summed E-state index contributed by atoms with van der Waals surface area (Å²) in [7, 11) is 0. The summed E-state index contributed by atoms with van der Waals surface area (Å²) in [6.07, 6.45) is 12.0. The Balaban J connectivity index is 2.18. The lowest BCUT2D eigenvalue weighted by atomic mass is 9.90. The lowest BCUT2D eigenvalue weighted by Gasteiger charge is -2.19. The van der Waals surface area contributed by atoms with E-state index in [9.17, 15) is 10.2 Å². The molecular weight excluding hydrogens is 288 g/mol. The van der Waals surface area contributed by atoms with Crippen molar-refractivity contribution in [2.24, 2.45) is 0 Å². The Labute approximate surface area is 140 Å². The van der Waals surface area contributed by atoms with E-state index in [-0.39, 0.29) is 18.3 Å². The molecule has 2 aliphatic rings. The van der Waals surface area contributed by atoms with Crippen molar-refractivity contribution in [2.45, 2.75) is 83.5 Å². The van der Waals surface area contributed by atoms with Crippen LogP contribution in [0.4, 0.5) is 0 Å². The van der Waals surface area contributed by atoms with E-state index >= 15 is 0 Å². The predicted octanol–water partition coefficient (Wildman–Crippen LogP) is 4.06. The smallest absolute Gasteiger partial charge is 0.0923 e. The molecule has 3 heteroatoms. The minimum atomic E-state index is -0.831. The molecule has 23 heavy (non-hydrogen) atoms. The highest BCUT2D eigenvalue weighted by Gasteiger charge is 2.51. The van der Waals surface area contributed by atoms with E-state index < -0.39 is 5.60 Å². The molecule has 0 aromatic rings. The van der Waals surface area contributed by atoms with Gasteiger partial charge in [-0.15, -0.1) is 0 Å². The average molecular weight is 320 g/mol. The van der Waals surface area contributed by atoms with Gasteiger partial charge in [0.25, 0.3) is 0 Å². The second-order valence-electron chi connectivity index (χ2n) is 7.70. The number of epoxide rings is 1. The molecule has 130 valence electrons. The van der Waals surface area contributed by atoms with Crippen LogP contribution in [-0.2, 0) is 4.74 Å². The molecule has 1 heterocycles. The molecule has 2 rings (SSSR count). The van der Waals surface area contributed by atoms with Gasteiger partial charge >= 0.3 is 0 Å². The maximum atomic E-state index is 10.6. The van der Waals surface area contributed by atoms with Gasteiger partial charge in [-0.05, 0) is 77.4 Å². The summed E-state index contributed by atoms with van der Waals surface area (Å²) >= 11 is 0. The number of allylic oxidation sites excluding steroid dienone is 4. The molecule has 0 spiro atoms. The van der Waals surface area contributed by atoms with E-state index in [0.717, 1.165) is 43.3 Å². The monoisotopic (exact) mass is 320 g/mol. The van der Waals surface area contributed by atoms with Crippen molar-refractivity contribution in [3.05, 3.63) is 34.9 Å². The zero-order valence-corrected chi connectivity index (χ0v) is 15.1. The Morgan fingerprint density at radius 1 is 1.30 bits per heavy atom. The van der Waals surface area contributed by atoms with Crippen LogP contribution in [0.15, 0.2) is 34.9 Å². The average Bonchev–Trinajstić information content (AvgIpc) is 3.14. The maximum absolute atomic E-state index is 10.6. The summed E-state index contributed by atoms with van der Waals surface area (Å²) in [5.74, 6) is 0. The SMILES string of the molecule is CC1=CCC[C@]2(C)OC2CCC(C)(O)C=CC(=C(C)CO)CC1. The second-order valence-corrected chi connectivity index (χ2v) is 7.70. The van der Waals surface area contributed by atoms with E-state index in [1.807, 2.05) is 26.0 Å². The van der Waals surface area contributed by atoms with Crippen LogP contribution in [-0.4, -0.2) is 34.1 Å². The first-order valence-electron chi connectivity index (χ1n) is 8.80. The second kappa shape index (κ2) is 7.33.